The highest BCUT2D eigenvalue weighted by Crippen LogP contribution is 2.32. The van der Waals surface area contributed by atoms with Gasteiger partial charge in [0, 0.05) is 19.3 Å². The number of aromatic nitrogens is 2. The van der Waals surface area contributed by atoms with Crippen LogP contribution in [0.3, 0.4) is 0 Å². The Bertz CT molecular complexity index is 818. The first-order valence-electron chi connectivity index (χ1n) is 8.26. The second kappa shape index (κ2) is 6.55. The minimum absolute atomic E-state index is 0.179. The van der Waals surface area contributed by atoms with E-state index in [1.165, 1.54) is 6.07 Å². The molecule has 1 aliphatic heterocycles. The number of benzene rings is 1. The summed E-state index contributed by atoms with van der Waals surface area (Å²) in [6, 6.07) is 3.54. The smallest absolute Gasteiger partial charge is 0.255 e. The van der Waals surface area contributed by atoms with Crippen LogP contribution < -0.4 is 5.32 Å². The number of carbonyl (C=O) groups is 1. The molecule has 3 rings (SSSR count). The molecule has 2 aromatic rings. The van der Waals surface area contributed by atoms with Gasteiger partial charge in [-0.2, -0.15) is 5.10 Å². The molecule has 7 heteroatoms. The summed E-state index contributed by atoms with van der Waals surface area (Å²) in [5.74, 6) is -1.93. The Hall–Kier alpha value is -2.28. The number of aryl methyl sites for hydroxylation is 2. The Morgan fingerprint density at radius 3 is 2.56 bits per heavy atom. The highest BCUT2D eigenvalue weighted by molar-refractivity contribution is 5.96. The molecule has 1 N–H and O–H groups in total. The van der Waals surface area contributed by atoms with E-state index in [4.69, 9.17) is 0 Å². The Morgan fingerprint density at radius 1 is 1.24 bits per heavy atom. The minimum Gasteiger partial charge on any atom is -0.347 e. The predicted molar refractivity (Wildman–Crippen MR) is 90.3 cm³/mol. The first kappa shape index (κ1) is 17.5. The molecule has 0 aliphatic carbocycles. The lowest BCUT2D eigenvalue weighted by molar-refractivity contribution is 0.0926. The molecule has 1 aliphatic rings. The lowest BCUT2D eigenvalue weighted by atomic mass is 9.99. The molecule has 1 aromatic heterocycles. The third kappa shape index (κ3) is 3.16. The summed E-state index contributed by atoms with van der Waals surface area (Å²) < 4.78 is 28.5. The van der Waals surface area contributed by atoms with Gasteiger partial charge in [0.25, 0.3) is 5.91 Å². The Kier molecular flexibility index (Phi) is 4.60. The molecule has 2 atom stereocenters. The minimum atomic E-state index is -0.873. The third-order valence-electron chi connectivity index (χ3n) is 4.99. The van der Waals surface area contributed by atoms with E-state index < -0.39 is 11.6 Å². The molecular formula is C18H22F2N4O. The van der Waals surface area contributed by atoms with Gasteiger partial charge in [0.1, 0.15) is 0 Å². The highest BCUT2D eigenvalue weighted by atomic mass is 19.2. The monoisotopic (exact) mass is 348 g/mol. The van der Waals surface area contributed by atoms with Crippen LogP contribution in [0.5, 0.6) is 0 Å². The second-order valence-corrected chi connectivity index (χ2v) is 6.64. The van der Waals surface area contributed by atoms with E-state index in [1.54, 1.807) is 24.7 Å². The number of nitrogens with one attached hydrogen (secondary N) is 1. The molecule has 1 aromatic carbocycles. The molecule has 0 spiro atoms. The molecule has 0 radical (unpaired) electrons. The number of halogens is 2. The van der Waals surface area contributed by atoms with Gasteiger partial charge in [0.15, 0.2) is 11.6 Å². The number of rotatable bonds is 3. The average molecular weight is 348 g/mol. The van der Waals surface area contributed by atoms with Crippen molar-refractivity contribution in [2.75, 3.05) is 13.6 Å². The predicted octanol–water partition coefficient (Wildman–Crippen LogP) is 2.49. The maximum atomic E-state index is 13.6. The van der Waals surface area contributed by atoms with Crippen molar-refractivity contribution in [3.05, 3.63) is 52.3 Å². The maximum absolute atomic E-state index is 13.6. The van der Waals surface area contributed by atoms with Gasteiger partial charge in [-0.15, -0.1) is 0 Å². The van der Waals surface area contributed by atoms with Crippen molar-refractivity contribution in [3.63, 3.8) is 0 Å². The largest absolute Gasteiger partial charge is 0.347 e. The molecular weight excluding hydrogens is 326 g/mol. The molecule has 1 fully saturated rings. The van der Waals surface area contributed by atoms with Crippen LogP contribution in [0.2, 0.25) is 0 Å². The van der Waals surface area contributed by atoms with Crippen LogP contribution in [0, 0.1) is 25.5 Å². The van der Waals surface area contributed by atoms with Crippen LogP contribution >= 0.6 is 0 Å². The lowest BCUT2D eigenvalue weighted by Gasteiger charge is -2.26. The summed E-state index contributed by atoms with van der Waals surface area (Å²) in [4.78, 5) is 14.8. The summed E-state index contributed by atoms with van der Waals surface area (Å²) in [6.07, 6.45) is 0.740. The Labute approximate surface area is 145 Å². The summed E-state index contributed by atoms with van der Waals surface area (Å²) >= 11 is 0. The summed E-state index contributed by atoms with van der Waals surface area (Å²) in [5, 5.41) is 7.33. The quantitative estimate of drug-likeness (QED) is 0.927. The fourth-order valence-corrected chi connectivity index (χ4v) is 3.62. The number of amides is 1. The lowest BCUT2D eigenvalue weighted by Crippen LogP contribution is -2.39. The van der Waals surface area contributed by atoms with Gasteiger partial charge < -0.3 is 5.32 Å². The number of carbonyl (C=O) groups excluding carboxylic acids is 1. The van der Waals surface area contributed by atoms with Crippen LogP contribution in [0.4, 0.5) is 8.78 Å². The van der Waals surface area contributed by atoms with Crippen molar-refractivity contribution in [1.82, 2.24) is 20.0 Å². The Morgan fingerprint density at radius 2 is 1.96 bits per heavy atom. The van der Waals surface area contributed by atoms with Gasteiger partial charge in [0.05, 0.1) is 23.3 Å². The van der Waals surface area contributed by atoms with Crippen molar-refractivity contribution >= 4 is 5.91 Å². The van der Waals surface area contributed by atoms with Crippen LogP contribution in [-0.4, -0.2) is 40.2 Å². The number of hydrogen-bond acceptors (Lipinski definition) is 3. The molecule has 1 amide bonds. The van der Waals surface area contributed by atoms with Gasteiger partial charge >= 0.3 is 0 Å². The number of likely N-dealkylation sites (tertiary alicyclic amines) is 1. The second-order valence-electron chi connectivity index (χ2n) is 6.64. The van der Waals surface area contributed by atoms with Crippen LogP contribution in [0.25, 0.3) is 0 Å². The molecule has 134 valence electrons. The normalized spacial score (nSPS) is 20.9. The molecule has 2 heterocycles. The van der Waals surface area contributed by atoms with Gasteiger partial charge in [-0.3, -0.25) is 14.4 Å². The summed E-state index contributed by atoms with van der Waals surface area (Å²) in [6.45, 7) is 4.41. The van der Waals surface area contributed by atoms with Gasteiger partial charge in [-0.25, -0.2) is 8.78 Å². The fraction of sp³-hybridized carbons (Fsp3) is 0.444. The molecule has 0 saturated carbocycles. The van der Waals surface area contributed by atoms with Crippen LogP contribution in [0.15, 0.2) is 18.2 Å². The van der Waals surface area contributed by atoms with Crippen molar-refractivity contribution < 1.29 is 13.6 Å². The first-order valence-corrected chi connectivity index (χ1v) is 8.26. The van der Waals surface area contributed by atoms with Crippen molar-refractivity contribution in [1.29, 1.82) is 0 Å². The van der Waals surface area contributed by atoms with E-state index in [2.05, 4.69) is 10.4 Å². The summed E-state index contributed by atoms with van der Waals surface area (Å²) in [5.41, 5.74) is 2.70. The zero-order chi connectivity index (χ0) is 18.3. The van der Waals surface area contributed by atoms with E-state index >= 15 is 0 Å². The number of likely N-dealkylation sites (N-methyl/N-ethyl adjacent to an activating group) is 1. The van der Waals surface area contributed by atoms with Gasteiger partial charge in [-0.1, -0.05) is 6.07 Å². The van der Waals surface area contributed by atoms with Crippen LogP contribution in [0.1, 0.15) is 39.8 Å². The number of nitrogens with zero attached hydrogens (tertiary/aromatic N) is 3. The van der Waals surface area contributed by atoms with Crippen LogP contribution in [-0.2, 0) is 7.05 Å². The average Bonchev–Trinajstić information content (AvgIpc) is 3.02. The van der Waals surface area contributed by atoms with E-state index in [0.717, 1.165) is 24.7 Å². The van der Waals surface area contributed by atoms with Crippen molar-refractivity contribution in [3.8, 4) is 0 Å². The third-order valence-corrected chi connectivity index (χ3v) is 4.99. The molecule has 0 unspecified atom stereocenters. The standard InChI is InChI=1S/C18H22F2N4O/c1-10-16(11(2)24(4)22-10)18(25)21-15-7-8-23(3)17(15)12-5-6-13(19)14(20)9-12/h5-6,9,15,17H,7-8H2,1-4H3,(H,21,25)/t15-,17+/m1/s1. The summed E-state index contributed by atoms with van der Waals surface area (Å²) in [7, 11) is 3.71. The van der Waals surface area contributed by atoms with E-state index in [9.17, 15) is 13.6 Å². The van der Waals surface area contributed by atoms with Crippen molar-refractivity contribution in [2.24, 2.45) is 7.05 Å². The molecule has 5 nitrogen and oxygen atoms in total. The zero-order valence-corrected chi connectivity index (χ0v) is 14.8. The van der Waals surface area contributed by atoms with Crippen molar-refractivity contribution in [2.45, 2.75) is 32.4 Å². The van der Waals surface area contributed by atoms with E-state index in [0.29, 0.717) is 16.8 Å². The SMILES string of the molecule is Cc1nn(C)c(C)c1C(=O)N[C@@H]1CCN(C)[C@H]1c1ccc(F)c(F)c1. The van der Waals surface area contributed by atoms with Gasteiger partial charge in [-0.05, 0) is 45.0 Å². The number of hydrogen-bond donors (Lipinski definition) is 1. The van der Waals surface area contributed by atoms with E-state index in [1.807, 2.05) is 18.9 Å². The van der Waals surface area contributed by atoms with E-state index in [-0.39, 0.29) is 18.0 Å². The maximum Gasteiger partial charge on any atom is 0.255 e. The molecule has 25 heavy (non-hydrogen) atoms. The first-order chi connectivity index (χ1) is 11.8. The highest BCUT2D eigenvalue weighted by Gasteiger charge is 2.35. The molecule has 0 bridgehead atoms. The Balaban J connectivity index is 1.85. The zero-order valence-electron chi connectivity index (χ0n) is 14.8. The molecule has 1 saturated heterocycles. The van der Waals surface area contributed by atoms with Gasteiger partial charge in [0.2, 0.25) is 0 Å². The fourth-order valence-electron chi connectivity index (χ4n) is 3.62. The topological polar surface area (TPSA) is 50.2 Å².